The van der Waals surface area contributed by atoms with E-state index in [-0.39, 0.29) is 11.8 Å². The molecule has 0 saturated heterocycles. The Labute approximate surface area is 89.1 Å². The predicted octanol–water partition coefficient (Wildman–Crippen LogP) is 2.71. The van der Waals surface area contributed by atoms with E-state index in [0.717, 1.165) is 12.0 Å². The van der Waals surface area contributed by atoms with Gasteiger partial charge in [0.1, 0.15) is 0 Å². The van der Waals surface area contributed by atoms with Crippen LogP contribution in [-0.4, -0.2) is 5.91 Å². The van der Waals surface area contributed by atoms with Crippen LogP contribution in [0.2, 0.25) is 5.02 Å². The van der Waals surface area contributed by atoms with E-state index in [1.165, 1.54) is 0 Å². The highest BCUT2D eigenvalue weighted by Gasteiger charge is 2.11. The molecule has 1 aromatic rings. The lowest BCUT2D eigenvalue weighted by atomic mass is 9.93. The highest BCUT2D eigenvalue weighted by atomic mass is 35.5. The van der Waals surface area contributed by atoms with Crippen LogP contribution in [0.3, 0.4) is 0 Å². The molecule has 1 atom stereocenters. The first kappa shape index (κ1) is 11.1. The molecule has 1 rings (SSSR count). The van der Waals surface area contributed by atoms with E-state index < -0.39 is 0 Å². The third-order valence-electron chi connectivity index (χ3n) is 2.28. The van der Waals surface area contributed by atoms with Crippen LogP contribution in [0.1, 0.15) is 31.2 Å². The van der Waals surface area contributed by atoms with Crippen LogP contribution in [0, 0.1) is 0 Å². The minimum atomic E-state index is -0.258. The lowest BCUT2D eigenvalue weighted by molar-refractivity contribution is -0.118. The number of hydrogen-bond donors (Lipinski definition) is 1. The van der Waals surface area contributed by atoms with Crippen molar-refractivity contribution in [2.24, 2.45) is 5.73 Å². The lowest BCUT2D eigenvalue weighted by Crippen LogP contribution is -2.14. The van der Waals surface area contributed by atoms with Gasteiger partial charge in [-0.2, -0.15) is 0 Å². The number of carbonyl (C=O) groups is 1. The van der Waals surface area contributed by atoms with Crippen LogP contribution in [-0.2, 0) is 4.79 Å². The summed E-state index contributed by atoms with van der Waals surface area (Å²) in [5, 5.41) is 0.711. The van der Waals surface area contributed by atoms with Crippen LogP contribution in [0.5, 0.6) is 0 Å². The minimum absolute atomic E-state index is 0.213. The molecule has 0 aromatic heterocycles. The van der Waals surface area contributed by atoms with Crippen LogP contribution in [0.15, 0.2) is 24.3 Å². The number of halogens is 1. The monoisotopic (exact) mass is 211 g/mol. The number of carbonyl (C=O) groups excluding carboxylic acids is 1. The number of amides is 1. The maximum absolute atomic E-state index is 10.8. The van der Waals surface area contributed by atoms with Crippen molar-refractivity contribution in [1.82, 2.24) is 0 Å². The second-order valence-corrected chi connectivity index (χ2v) is 3.76. The SMILES string of the molecule is CCC(CC(N)=O)c1ccc(Cl)cc1. The lowest BCUT2D eigenvalue weighted by Gasteiger charge is -2.12. The quantitative estimate of drug-likeness (QED) is 0.818. The number of rotatable bonds is 4. The predicted molar refractivity (Wildman–Crippen MR) is 58.3 cm³/mol. The van der Waals surface area contributed by atoms with Crippen molar-refractivity contribution in [3.8, 4) is 0 Å². The zero-order chi connectivity index (χ0) is 10.6. The summed E-state index contributed by atoms with van der Waals surface area (Å²) < 4.78 is 0. The molecule has 1 amide bonds. The molecule has 0 bridgehead atoms. The number of nitrogens with two attached hydrogens (primary N) is 1. The van der Waals surface area contributed by atoms with Gasteiger partial charge in [-0.3, -0.25) is 4.79 Å². The fourth-order valence-electron chi connectivity index (χ4n) is 1.48. The molecule has 0 heterocycles. The maximum Gasteiger partial charge on any atom is 0.218 e. The minimum Gasteiger partial charge on any atom is -0.370 e. The molecule has 76 valence electrons. The fourth-order valence-corrected chi connectivity index (χ4v) is 1.60. The zero-order valence-electron chi connectivity index (χ0n) is 8.16. The van der Waals surface area contributed by atoms with Gasteiger partial charge in [0.2, 0.25) is 5.91 Å². The molecule has 1 unspecified atom stereocenters. The Morgan fingerprint density at radius 1 is 1.43 bits per heavy atom. The van der Waals surface area contributed by atoms with E-state index in [1.807, 2.05) is 31.2 Å². The number of primary amides is 1. The molecule has 0 radical (unpaired) electrons. The average molecular weight is 212 g/mol. The van der Waals surface area contributed by atoms with Crippen molar-refractivity contribution >= 4 is 17.5 Å². The molecule has 1 aromatic carbocycles. The topological polar surface area (TPSA) is 43.1 Å². The number of hydrogen-bond acceptors (Lipinski definition) is 1. The molecule has 2 N–H and O–H groups in total. The Hall–Kier alpha value is -1.02. The van der Waals surface area contributed by atoms with Crippen LogP contribution < -0.4 is 5.73 Å². The summed E-state index contributed by atoms with van der Waals surface area (Å²) in [7, 11) is 0. The van der Waals surface area contributed by atoms with Gasteiger partial charge in [-0.1, -0.05) is 30.7 Å². The third kappa shape index (κ3) is 3.04. The zero-order valence-corrected chi connectivity index (χ0v) is 8.92. The molecule has 0 saturated carbocycles. The molecule has 0 aliphatic rings. The van der Waals surface area contributed by atoms with Crippen molar-refractivity contribution in [3.05, 3.63) is 34.9 Å². The Morgan fingerprint density at radius 3 is 2.43 bits per heavy atom. The Balaban J connectivity index is 2.78. The van der Waals surface area contributed by atoms with Crippen LogP contribution in [0.4, 0.5) is 0 Å². The molecule has 0 aliphatic heterocycles. The molecular formula is C11H14ClNO. The fraction of sp³-hybridized carbons (Fsp3) is 0.364. The van der Waals surface area contributed by atoms with Gasteiger partial charge in [-0.15, -0.1) is 0 Å². The van der Waals surface area contributed by atoms with Crippen molar-refractivity contribution in [2.75, 3.05) is 0 Å². The van der Waals surface area contributed by atoms with Gasteiger partial charge in [0.25, 0.3) is 0 Å². The van der Waals surface area contributed by atoms with E-state index in [9.17, 15) is 4.79 Å². The van der Waals surface area contributed by atoms with Crippen molar-refractivity contribution in [1.29, 1.82) is 0 Å². The first-order valence-corrected chi connectivity index (χ1v) is 5.05. The molecule has 0 spiro atoms. The molecule has 14 heavy (non-hydrogen) atoms. The standard InChI is InChI=1S/C11H14ClNO/c1-2-8(7-11(13)14)9-3-5-10(12)6-4-9/h3-6,8H,2,7H2,1H3,(H2,13,14). The van der Waals surface area contributed by atoms with Gasteiger partial charge in [0, 0.05) is 11.4 Å². The number of benzene rings is 1. The summed E-state index contributed by atoms with van der Waals surface area (Å²) in [4.78, 5) is 10.8. The van der Waals surface area contributed by atoms with Crippen molar-refractivity contribution < 1.29 is 4.79 Å². The summed E-state index contributed by atoms with van der Waals surface area (Å²) in [6.45, 7) is 2.04. The Morgan fingerprint density at radius 2 is 2.00 bits per heavy atom. The summed E-state index contributed by atoms with van der Waals surface area (Å²) in [6, 6.07) is 7.56. The van der Waals surface area contributed by atoms with E-state index in [0.29, 0.717) is 11.4 Å². The second-order valence-electron chi connectivity index (χ2n) is 3.33. The first-order valence-electron chi connectivity index (χ1n) is 4.67. The van der Waals surface area contributed by atoms with Gasteiger partial charge >= 0.3 is 0 Å². The van der Waals surface area contributed by atoms with E-state index in [1.54, 1.807) is 0 Å². The smallest absolute Gasteiger partial charge is 0.218 e. The average Bonchev–Trinajstić information content (AvgIpc) is 2.15. The Kier molecular flexibility index (Phi) is 3.96. The largest absolute Gasteiger partial charge is 0.370 e. The van der Waals surface area contributed by atoms with Crippen molar-refractivity contribution in [3.63, 3.8) is 0 Å². The summed E-state index contributed by atoms with van der Waals surface area (Å²) in [6.07, 6.45) is 1.31. The normalized spacial score (nSPS) is 12.4. The molecule has 0 fully saturated rings. The third-order valence-corrected chi connectivity index (χ3v) is 2.53. The first-order chi connectivity index (χ1) is 6.63. The highest BCUT2D eigenvalue weighted by Crippen LogP contribution is 2.24. The van der Waals surface area contributed by atoms with Crippen LogP contribution >= 0.6 is 11.6 Å². The summed E-state index contributed by atoms with van der Waals surface area (Å²) in [5.41, 5.74) is 6.29. The maximum atomic E-state index is 10.8. The van der Waals surface area contributed by atoms with Gasteiger partial charge in [0.15, 0.2) is 0 Å². The summed E-state index contributed by atoms with van der Waals surface area (Å²) >= 11 is 5.77. The van der Waals surface area contributed by atoms with Crippen LogP contribution in [0.25, 0.3) is 0 Å². The van der Waals surface area contributed by atoms with E-state index in [4.69, 9.17) is 17.3 Å². The molecule has 0 aliphatic carbocycles. The van der Waals surface area contributed by atoms with Gasteiger partial charge < -0.3 is 5.73 Å². The van der Waals surface area contributed by atoms with Crippen molar-refractivity contribution in [2.45, 2.75) is 25.7 Å². The molecule has 3 heteroatoms. The molecular weight excluding hydrogens is 198 g/mol. The second kappa shape index (κ2) is 5.01. The van der Waals surface area contributed by atoms with E-state index >= 15 is 0 Å². The Bertz CT molecular complexity index is 308. The van der Waals surface area contributed by atoms with E-state index in [2.05, 4.69) is 0 Å². The van der Waals surface area contributed by atoms with Gasteiger partial charge in [-0.05, 0) is 30.0 Å². The molecule has 2 nitrogen and oxygen atoms in total. The summed E-state index contributed by atoms with van der Waals surface area (Å²) in [5.74, 6) is -0.0448. The van der Waals surface area contributed by atoms with Gasteiger partial charge in [-0.25, -0.2) is 0 Å². The highest BCUT2D eigenvalue weighted by molar-refractivity contribution is 6.30. The van der Waals surface area contributed by atoms with Gasteiger partial charge in [0.05, 0.1) is 0 Å².